The SMILES string of the molecule is Brc1ccc2c3c4c(ccc13)C=CC(Br)C4=CC2. The van der Waals surface area contributed by atoms with Gasteiger partial charge in [0.25, 0.3) is 0 Å². The van der Waals surface area contributed by atoms with Gasteiger partial charge in [-0.05, 0) is 45.5 Å². The van der Waals surface area contributed by atoms with Crippen LogP contribution in [0.3, 0.4) is 0 Å². The highest BCUT2D eigenvalue weighted by molar-refractivity contribution is 9.10. The summed E-state index contributed by atoms with van der Waals surface area (Å²) in [5, 5.41) is 2.75. The van der Waals surface area contributed by atoms with E-state index in [9.17, 15) is 0 Å². The first-order chi connectivity index (χ1) is 8.75. The van der Waals surface area contributed by atoms with E-state index in [4.69, 9.17) is 0 Å². The summed E-state index contributed by atoms with van der Waals surface area (Å²) >= 11 is 7.42. The fourth-order valence-electron chi connectivity index (χ4n) is 2.98. The Morgan fingerprint density at radius 2 is 2.00 bits per heavy atom. The zero-order chi connectivity index (χ0) is 12.3. The molecule has 0 saturated carbocycles. The standard InChI is InChI=1S/C16H10Br2/c17-13-8-4-10-2-6-12-14(18)7-3-9-1-5-11(13)16(10)15(9)12/h1,3-8,14H,2H2. The van der Waals surface area contributed by atoms with Gasteiger partial charge in [0.2, 0.25) is 0 Å². The number of hydrogen-bond donors (Lipinski definition) is 0. The molecule has 0 heterocycles. The molecule has 0 spiro atoms. The molecule has 0 amide bonds. The smallest absolute Gasteiger partial charge is 0.0581 e. The van der Waals surface area contributed by atoms with Crippen LogP contribution in [0.4, 0.5) is 0 Å². The summed E-state index contributed by atoms with van der Waals surface area (Å²) in [5.41, 5.74) is 5.61. The minimum atomic E-state index is 0.350. The molecule has 0 aromatic heterocycles. The van der Waals surface area contributed by atoms with Gasteiger partial charge in [-0.2, -0.15) is 0 Å². The number of alkyl halides is 1. The second-order valence-electron chi connectivity index (χ2n) is 4.78. The highest BCUT2D eigenvalue weighted by atomic mass is 79.9. The van der Waals surface area contributed by atoms with Crippen LogP contribution in [0.15, 0.2) is 40.9 Å². The molecule has 2 aliphatic rings. The van der Waals surface area contributed by atoms with Gasteiger partial charge in [-0.25, -0.2) is 0 Å². The van der Waals surface area contributed by atoms with Crippen LogP contribution in [0.25, 0.3) is 22.4 Å². The Balaban J connectivity index is 2.23. The van der Waals surface area contributed by atoms with E-state index < -0.39 is 0 Å². The van der Waals surface area contributed by atoms with Crippen LogP contribution in [0, 0.1) is 0 Å². The summed E-state index contributed by atoms with van der Waals surface area (Å²) in [5.74, 6) is 0. The number of hydrogen-bond acceptors (Lipinski definition) is 0. The van der Waals surface area contributed by atoms with E-state index in [0.29, 0.717) is 4.83 Å². The topological polar surface area (TPSA) is 0 Å². The lowest BCUT2D eigenvalue weighted by Gasteiger charge is -2.26. The molecular weight excluding hydrogens is 352 g/mol. The van der Waals surface area contributed by atoms with E-state index in [1.165, 1.54) is 37.5 Å². The Labute approximate surface area is 123 Å². The minimum Gasteiger partial charge on any atom is -0.0793 e. The monoisotopic (exact) mass is 360 g/mol. The molecule has 88 valence electrons. The second kappa shape index (κ2) is 3.82. The van der Waals surface area contributed by atoms with Crippen LogP contribution in [-0.2, 0) is 6.42 Å². The maximum absolute atomic E-state index is 3.75. The summed E-state index contributed by atoms with van der Waals surface area (Å²) < 4.78 is 1.19. The Morgan fingerprint density at radius 3 is 2.89 bits per heavy atom. The Bertz CT molecular complexity index is 738. The van der Waals surface area contributed by atoms with Crippen molar-refractivity contribution in [3.05, 3.63) is 57.6 Å². The summed E-state index contributed by atoms with van der Waals surface area (Å²) in [4.78, 5) is 0.350. The average Bonchev–Trinajstić information content (AvgIpc) is 2.40. The molecular formula is C16H10Br2. The molecule has 0 fully saturated rings. The third-order valence-corrected chi connectivity index (χ3v) is 5.31. The maximum atomic E-state index is 3.75. The lowest BCUT2D eigenvalue weighted by atomic mass is 9.81. The molecule has 2 aliphatic carbocycles. The molecule has 4 rings (SSSR count). The van der Waals surface area contributed by atoms with Crippen molar-refractivity contribution in [2.75, 3.05) is 0 Å². The first-order valence-corrected chi connectivity index (χ1v) is 7.73. The number of allylic oxidation sites excluding steroid dienone is 3. The summed E-state index contributed by atoms with van der Waals surface area (Å²) in [6.45, 7) is 0. The van der Waals surface area contributed by atoms with E-state index in [0.717, 1.165) is 6.42 Å². The third kappa shape index (κ3) is 1.36. The fraction of sp³-hybridized carbons (Fsp3) is 0.125. The molecule has 0 radical (unpaired) electrons. The van der Waals surface area contributed by atoms with Crippen molar-refractivity contribution in [1.82, 2.24) is 0 Å². The number of benzene rings is 2. The van der Waals surface area contributed by atoms with Gasteiger partial charge in [-0.1, -0.05) is 68.3 Å². The third-order valence-electron chi connectivity index (χ3n) is 3.82. The lowest BCUT2D eigenvalue weighted by Crippen LogP contribution is -2.10. The lowest BCUT2D eigenvalue weighted by molar-refractivity contribution is 1.24. The molecule has 2 heteroatoms. The first kappa shape index (κ1) is 11.0. The molecule has 0 aliphatic heterocycles. The van der Waals surface area contributed by atoms with Crippen molar-refractivity contribution in [3.8, 4) is 0 Å². The van der Waals surface area contributed by atoms with Gasteiger partial charge in [0.15, 0.2) is 0 Å². The van der Waals surface area contributed by atoms with Crippen LogP contribution < -0.4 is 0 Å². The molecule has 0 nitrogen and oxygen atoms in total. The van der Waals surface area contributed by atoms with Crippen molar-refractivity contribution >= 4 is 54.3 Å². The fourth-order valence-corrected chi connectivity index (χ4v) is 4.01. The van der Waals surface area contributed by atoms with E-state index >= 15 is 0 Å². The minimum absolute atomic E-state index is 0.350. The van der Waals surface area contributed by atoms with E-state index in [1.807, 2.05) is 0 Å². The van der Waals surface area contributed by atoms with Gasteiger partial charge in [0.05, 0.1) is 4.83 Å². The molecule has 18 heavy (non-hydrogen) atoms. The second-order valence-corrected chi connectivity index (χ2v) is 6.62. The zero-order valence-corrected chi connectivity index (χ0v) is 12.8. The van der Waals surface area contributed by atoms with Crippen LogP contribution in [0.2, 0.25) is 0 Å². The molecule has 1 atom stereocenters. The largest absolute Gasteiger partial charge is 0.0793 e. The van der Waals surface area contributed by atoms with Crippen molar-refractivity contribution in [2.24, 2.45) is 0 Å². The van der Waals surface area contributed by atoms with Gasteiger partial charge in [0.1, 0.15) is 0 Å². The molecule has 2 aromatic rings. The van der Waals surface area contributed by atoms with Crippen molar-refractivity contribution in [3.63, 3.8) is 0 Å². The number of rotatable bonds is 0. The van der Waals surface area contributed by atoms with Gasteiger partial charge in [-0.15, -0.1) is 0 Å². The van der Waals surface area contributed by atoms with Crippen LogP contribution >= 0.6 is 31.9 Å². The van der Waals surface area contributed by atoms with E-state index in [-0.39, 0.29) is 0 Å². The zero-order valence-electron chi connectivity index (χ0n) is 9.58. The van der Waals surface area contributed by atoms with Gasteiger partial charge < -0.3 is 0 Å². The number of halogens is 2. The Hall–Kier alpha value is -0.860. The predicted octanol–water partition coefficient (Wildman–Crippen LogP) is 5.33. The first-order valence-electron chi connectivity index (χ1n) is 6.02. The quantitative estimate of drug-likeness (QED) is 0.556. The van der Waals surface area contributed by atoms with Crippen molar-refractivity contribution in [1.29, 1.82) is 0 Å². The van der Waals surface area contributed by atoms with Crippen LogP contribution in [-0.4, -0.2) is 4.83 Å². The molecule has 1 unspecified atom stereocenters. The van der Waals surface area contributed by atoms with Gasteiger partial charge in [0, 0.05) is 4.47 Å². The summed E-state index contributed by atoms with van der Waals surface area (Å²) in [7, 11) is 0. The van der Waals surface area contributed by atoms with Crippen molar-refractivity contribution < 1.29 is 0 Å². The Kier molecular flexibility index (Phi) is 2.33. The Morgan fingerprint density at radius 1 is 1.11 bits per heavy atom. The summed E-state index contributed by atoms with van der Waals surface area (Å²) in [6.07, 6.45) is 7.84. The maximum Gasteiger partial charge on any atom is 0.0581 e. The average molecular weight is 362 g/mol. The van der Waals surface area contributed by atoms with E-state index in [2.05, 4.69) is 74.4 Å². The van der Waals surface area contributed by atoms with Crippen LogP contribution in [0.1, 0.15) is 16.7 Å². The van der Waals surface area contributed by atoms with E-state index in [1.54, 1.807) is 0 Å². The normalized spacial score (nSPS) is 20.1. The molecule has 0 bridgehead atoms. The predicted molar refractivity (Wildman–Crippen MR) is 85.1 cm³/mol. The molecule has 2 aromatic carbocycles. The van der Waals surface area contributed by atoms with Crippen molar-refractivity contribution in [2.45, 2.75) is 11.2 Å². The highest BCUT2D eigenvalue weighted by Crippen LogP contribution is 2.43. The van der Waals surface area contributed by atoms with Gasteiger partial charge >= 0.3 is 0 Å². The van der Waals surface area contributed by atoms with Gasteiger partial charge in [-0.3, -0.25) is 0 Å². The molecule has 0 saturated heterocycles. The molecule has 0 N–H and O–H groups in total. The highest BCUT2D eigenvalue weighted by Gasteiger charge is 2.24. The van der Waals surface area contributed by atoms with Crippen LogP contribution in [0.5, 0.6) is 0 Å². The summed E-state index contributed by atoms with van der Waals surface area (Å²) in [6, 6.07) is 8.85.